The molecule has 96 valence electrons. The quantitative estimate of drug-likeness (QED) is 0.849. The molecule has 0 aliphatic carbocycles. The van der Waals surface area contributed by atoms with Crippen LogP contribution in [0.5, 0.6) is 0 Å². The Labute approximate surface area is 112 Å². The van der Waals surface area contributed by atoms with Crippen LogP contribution in [-0.2, 0) is 0 Å². The Kier molecular flexibility index (Phi) is 3.62. The van der Waals surface area contributed by atoms with E-state index in [0.29, 0.717) is 12.4 Å². The van der Waals surface area contributed by atoms with Gasteiger partial charge in [-0.15, -0.1) is 21.6 Å². The van der Waals surface area contributed by atoms with Crippen molar-refractivity contribution < 1.29 is 0 Å². The number of nitrogens with one attached hydrogen (secondary N) is 1. The van der Waals surface area contributed by atoms with Gasteiger partial charge in [0.05, 0.1) is 5.69 Å². The summed E-state index contributed by atoms with van der Waals surface area (Å²) >= 11 is 0. The van der Waals surface area contributed by atoms with Gasteiger partial charge in [-0.2, -0.15) is 5.26 Å². The van der Waals surface area contributed by atoms with E-state index in [-0.39, 0.29) is 5.69 Å². The number of benzene rings is 1. The van der Waals surface area contributed by atoms with Crippen molar-refractivity contribution >= 4 is 5.82 Å². The van der Waals surface area contributed by atoms with Crippen LogP contribution in [0.15, 0.2) is 30.9 Å². The lowest BCUT2D eigenvalue weighted by Crippen LogP contribution is -2.03. The van der Waals surface area contributed by atoms with Gasteiger partial charge >= 0.3 is 0 Å². The van der Waals surface area contributed by atoms with Gasteiger partial charge < -0.3 is 5.32 Å². The molecule has 0 saturated carbocycles. The van der Waals surface area contributed by atoms with Crippen LogP contribution in [0.1, 0.15) is 16.8 Å². The van der Waals surface area contributed by atoms with Gasteiger partial charge in [-0.05, 0) is 31.0 Å². The Morgan fingerprint density at radius 2 is 2.21 bits per heavy atom. The molecule has 0 atom stereocenters. The number of nitriles is 1. The van der Waals surface area contributed by atoms with Crippen molar-refractivity contribution in [1.82, 2.24) is 15.0 Å². The average Bonchev–Trinajstić information content (AvgIpc) is 2.82. The summed E-state index contributed by atoms with van der Waals surface area (Å²) in [6.07, 6.45) is 1.71. The highest BCUT2D eigenvalue weighted by Gasteiger charge is 2.12. The van der Waals surface area contributed by atoms with Crippen LogP contribution in [0.2, 0.25) is 0 Å². The van der Waals surface area contributed by atoms with Crippen molar-refractivity contribution in [2.75, 3.05) is 11.9 Å². The molecule has 0 spiro atoms. The van der Waals surface area contributed by atoms with Gasteiger partial charge in [0.1, 0.15) is 6.07 Å². The molecule has 0 bridgehead atoms. The van der Waals surface area contributed by atoms with Crippen molar-refractivity contribution in [3.05, 3.63) is 47.7 Å². The van der Waals surface area contributed by atoms with Crippen LogP contribution in [0.3, 0.4) is 0 Å². The van der Waals surface area contributed by atoms with E-state index in [2.05, 4.69) is 22.1 Å². The van der Waals surface area contributed by atoms with Crippen molar-refractivity contribution in [3.8, 4) is 11.8 Å². The predicted molar refractivity (Wildman–Crippen MR) is 74.2 cm³/mol. The van der Waals surface area contributed by atoms with Gasteiger partial charge in [0.2, 0.25) is 5.69 Å². The zero-order valence-corrected chi connectivity index (χ0v) is 11.0. The summed E-state index contributed by atoms with van der Waals surface area (Å²) in [5.41, 5.74) is 3.34. The molecule has 1 heterocycles. The minimum Gasteiger partial charge on any atom is -0.363 e. The zero-order valence-electron chi connectivity index (χ0n) is 11.0. The molecule has 0 aliphatic rings. The molecule has 19 heavy (non-hydrogen) atoms. The number of nitrogens with zero attached hydrogens (tertiary/aromatic N) is 4. The van der Waals surface area contributed by atoms with Gasteiger partial charge in [0, 0.05) is 6.54 Å². The van der Waals surface area contributed by atoms with Crippen LogP contribution in [0.4, 0.5) is 5.82 Å². The van der Waals surface area contributed by atoms with E-state index in [1.165, 1.54) is 4.80 Å². The molecule has 0 radical (unpaired) electrons. The molecular formula is C14H15N5. The van der Waals surface area contributed by atoms with Crippen LogP contribution in [-0.4, -0.2) is 21.5 Å². The second-order valence-electron chi connectivity index (χ2n) is 4.26. The maximum atomic E-state index is 9.07. The van der Waals surface area contributed by atoms with Gasteiger partial charge in [-0.25, -0.2) is 0 Å². The number of anilines is 1. The fourth-order valence-electron chi connectivity index (χ4n) is 1.71. The standard InChI is InChI=1S/C14H15N5/c1-4-7-16-14-12(9-15)17-19(18-14)13-8-10(2)5-6-11(13)3/h4-6,8H,1,7H2,2-3H3,(H,16,18). The normalized spacial score (nSPS) is 9.95. The van der Waals surface area contributed by atoms with E-state index in [0.717, 1.165) is 16.8 Å². The fourth-order valence-corrected chi connectivity index (χ4v) is 1.71. The largest absolute Gasteiger partial charge is 0.363 e. The number of aryl methyl sites for hydroxylation is 2. The molecular weight excluding hydrogens is 238 g/mol. The summed E-state index contributed by atoms with van der Waals surface area (Å²) in [7, 11) is 0. The molecule has 1 N–H and O–H groups in total. The Balaban J connectivity index is 2.46. The number of rotatable bonds is 4. The Morgan fingerprint density at radius 1 is 1.42 bits per heavy atom. The van der Waals surface area contributed by atoms with Gasteiger partial charge in [0.15, 0.2) is 5.82 Å². The number of hydrogen-bond acceptors (Lipinski definition) is 4. The average molecular weight is 253 g/mol. The van der Waals surface area contributed by atoms with Crippen LogP contribution < -0.4 is 5.32 Å². The van der Waals surface area contributed by atoms with Crippen LogP contribution in [0.25, 0.3) is 5.69 Å². The fraction of sp³-hybridized carbons (Fsp3) is 0.214. The molecule has 0 fully saturated rings. The molecule has 5 heteroatoms. The molecule has 0 saturated heterocycles. The molecule has 0 unspecified atom stereocenters. The monoisotopic (exact) mass is 253 g/mol. The van der Waals surface area contributed by atoms with E-state index in [9.17, 15) is 0 Å². The summed E-state index contributed by atoms with van der Waals surface area (Å²) in [4.78, 5) is 1.49. The molecule has 5 nitrogen and oxygen atoms in total. The Bertz CT molecular complexity index is 648. The van der Waals surface area contributed by atoms with Crippen molar-refractivity contribution in [2.45, 2.75) is 13.8 Å². The summed E-state index contributed by atoms with van der Waals surface area (Å²) < 4.78 is 0. The Hall–Kier alpha value is -2.61. The first-order valence-corrected chi connectivity index (χ1v) is 5.95. The third-order valence-electron chi connectivity index (χ3n) is 2.71. The molecule has 1 aromatic carbocycles. The van der Waals surface area contributed by atoms with Gasteiger partial charge in [0.25, 0.3) is 0 Å². The zero-order chi connectivity index (χ0) is 13.8. The molecule has 2 rings (SSSR count). The first-order valence-electron chi connectivity index (χ1n) is 5.95. The van der Waals surface area contributed by atoms with E-state index >= 15 is 0 Å². The highest BCUT2D eigenvalue weighted by atomic mass is 15.5. The maximum Gasteiger partial charge on any atom is 0.207 e. The number of aromatic nitrogens is 3. The molecule has 2 aromatic rings. The number of hydrogen-bond donors (Lipinski definition) is 1. The van der Waals surface area contributed by atoms with Crippen molar-refractivity contribution in [1.29, 1.82) is 5.26 Å². The predicted octanol–water partition coefficient (Wildman–Crippen LogP) is 2.35. The summed E-state index contributed by atoms with van der Waals surface area (Å²) in [6, 6.07) is 8.07. The molecule has 0 aliphatic heterocycles. The first-order chi connectivity index (χ1) is 9.15. The van der Waals surface area contributed by atoms with E-state index in [1.807, 2.05) is 38.1 Å². The van der Waals surface area contributed by atoms with Crippen LogP contribution in [0, 0.1) is 25.2 Å². The lowest BCUT2D eigenvalue weighted by atomic mass is 10.1. The second kappa shape index (κ2) is 5.36. The van der Waals surface area contributed by atoms with Crippen molar-refractivity contribution in [3.63, 3.8) is 0 Å². The summed E-state index contributed by atoms with van der Waals surface area (Å²) in [5, 5.41) is 20.6. The lowest BCUT2D eigenvalue weighted by Gasteiger charge is -2.05. The first kappa shape index (κ1) is 12.8. The summed E-state index contributed by atoms with van der Waals surface area (Å²) in [6.45, 7) is 8.16. The SMILES string of the molecule is C=CCNc1nn(-c2cc(C)ccc2C)nc1C#N. The van der Waals surface area contributed by atoms with Gasteiger partial charge in [-0.3, -0.25) is 0 Å². The third-order valence-corrected chi connectivity index (χ3v) is 2.71. The minimum absolute atomic E-state index is 0.280. The van der Waals surface area contributed by atoms with Crippen LogP contribution >= 0.6 is 0 Å². The van der Waals surface area contributed by atoms with Crippen molar-refractivity contribution in [2.24, 2.45) is 0 Å². The highest BCUT2D eigenvalue weighted by Crippen LogP contribution is 2.17. The smallest absolute Gasteiger partial charge is 0.207 e. The van der Waals surface area contributed by atoms with E-state index in [4.69, 9.17) is 5.26 Å². The summed E-state index contributed by atoms with van der Waals surface area (Å²) in [5.74, 6) is 0.475. The molecule has 1 aromatic heterocycles. The third kappa shape index (κ3) is 2.63. The lowest BCUT2D eigenvalue weighted by molar-refractivity contribution is 0.745. The minimum atomic E-state index is 0.280. The topological polar surface area (TPSA) is 66.5 Å². The van der Waals surface area contributed by atoms with E-state index in [1.54, 1.807) is 6.08 Å². The van der Waals surface area contributed by atoms with Gasteiger partial charge in [-0.1, -0.05) is 18.2 Å². The highest BCUT2D eigenvalue weighted by molar-refractivity contribution is 5.49. The second-order valence-corrected chi connectivity index (χ2v) is 4.26. The maximum absolute atomic E-state index is 9.07. The molecule has 0 amide bonds. The Morgan fingerprint density at radius 3 is 2.89 bits per heavy atom. The van der Waals surface area contributed by atoms with E-state index < -0.39 is 0 Å².